The molecule has 0 aliphatic carbocycles. The summed E-state index contributed by atoms with van der Waals surface area (Å²) in [7, 11) is 0. The minimum absolute atomic E-state index is 0.0737. The molecule has 1 aromatic heterocycles. The van der Waals surface area contributed by atoms with Gasteiger partial charge in [0.25, 0.3) is 11.6 Å². The van der Waals surface area contributed by atoms with Gasteiger partial charge in [0.2, 0.25) is 0 Å². The second kappa shape index (κ2) is 9.27. The normalized spacial score (nSPS) is 17.4. The summed E-state index contributed by atoms with van der Waals surface area (Å²) < 4.78 is 5.74. The zero-order valence-electron chi connectivity index (χ0n) is 16.2. The number of amides is 1. The van der Waals surface area contributed by atoms with Crippen LogP contribution in [0.5, 0.6) is 0 Å². The average molecular weight is 405 g/mol. The van der Waals surface area contributed by atoms with Crippen LogP contribution in [0.1, 0.15) is 28.8 Å². The van der Waals surface area contributed by atoms with Crippen molar-refractivity contribution < 1.29 is 19.4 Å². The molecular formula is C20H26N3O4S+. The van der Waals surface area contributed by atoms with Gasteiger partial charge in [-0.2, -0.15) is 0 Å². The Bertz CT molecular complexity index is 832. The summed E-state index contributed by atoms with van der Waals surface area (Å²) in [5, 5.41) is 16.1. The second-order valence-electron chi connectivity index (χ2n) is 7.28. The largest absolute Gasteiger partial charge is 0.372 e. The Morgan fingerprint density at radius 1 is 1.39 bits per heavy atom. The number of benzene rings is 1. The predicted octanol–water partition coefficient (Wildman–Crippen LogP) is 2.48. The van der Waals surface area contributed by atoms with Gasteiger partial charge in [-0.3, -0.25) is 14.9 Å². The highest BCUT2D eigenvalue weighted by Gasteiger charge is 2.25. The summed E-state index contributed by atoms with van der Waals surface area (Å²) in [6, 6.07) is 7.24. The molecular weight excluding hydrogens is 378 g/mol. The van der Waals surface area contributed by atoms with Crippen molar-refractivity contribution in [2.24, 2.45) is 0 Å². The quantitative estimate of drug-likeness (QED) is 0.523. The van der Waals surface area contributed by atoms with E-state index in [0.29, 0.717) is 0 Å². The minimum Gasteiger partial charge on any atom is -0.372 e. The van der Waals surface area contributed by atoms with E-state index in [0.717, 1.165) is 48.6 Å². The topological polar surface area (TPSA) is 85.9 Å². The lowest BCUT2D eigenvalue weighted by Gasteiger charge is -2.21. The van der Waals surface area contributed by atoms with Crippen LogP contribution in [-0.2, 0) is 16.1 Å². The van der Waals surface area contributed by atoms with Crippen LogP contribution >= 0.6 is 11.3 Å². The number of aryl methyl sites for hydroxylation is 2. The fourth-order valence-electron chi connectivity index (χ4n) is 3.47. The number of nitrogens with zero attached hydrogens (tertiary/aromatic N) is 1. The summed E-state index contributed by atoms with van der Waals surface area (Å²) in [4.78, 5) is 25.9. The molecule has 3 rings (SSSR count). The monoisotopic (exact) mass is 404 g/mol. The van der Waals surface area contributed by atoms with Gasteiger partial charge in [-0.05, 0) is 55.3 Å². The summed E-state index contributed by atoms with van der Waals surface area (Å²) in [5.74, 6) is -0.226. The van der Waals surface area contributed by atoms with Crippen molar-refractivity contribution in [1.82, 2.24) is 0 Å². The Morgan fingerprint density at radius 3 is 2.82 bits per heavy atom. The van der Waals surface area contributed by atoms with Crippen molar-refractivity contribution in [2.45, 2.75) is 39.3 Å². The van der Waals surface area contributed by atoms with E-state index < -0.39 is 4.92 Å². The van der Waals surface area contributed by atoms with Gasteiger partial charge in [-0.25, -0.2) is 0 Å². The van der Waals surface area contributed by atoms with E-state index in [2.05, 4.69) is 11.4 Å². The second-order valence-corrected chi connectivity index (χ2v) is 8.31. The highest BCUT2D eigenvalue weighted by atomic mass is 32.1. The van der Waals surface area contributed by atoms with Gasteiger partial charge in [0.15, 0.2) is 6.54 Å². The first-order valence-electron chi connectivity index (χ1n) is 9.45. The third kappa shape index (κ3) is 5.37. The Labute approximate surface area is 168 Å². The predicted molar refractivity (Wildman–Crippen MR) is 109 cm³/mol. The molecule has 150 valence electrons. The maximum absolute atomic E-state index is 12.7. The molecule has 1 saturated heterocycles. The summed E-state index contributed by atoms with van der Waals surface area (Å²) in [6.07, 6.45) is 2.23. The Morgan fingerprint density at radius 2 is 2.18 bits per heavy atom. The van der Waals surface area contributed by atoms with E-state index in [1.165, 1.54) is 10.9 Å². The Hall–Kier alpha value is -2.29. The number of carbonyl (C=O) groups excluding carboxylic acids is 1. The van der Waals surface area contributed by atoms with Crippen LogP contribution in [0.2, 0.25) is 0 Å². The van der Waals surface area contributed by atoms with Crippen molar-refractivity contribution in [3.8, 4) is 0 Å². The smallest absolute Gasteiger partial charge is 0.293 e. The van der Waals surface area contributed by atoms with Crippen LogP contribution in [0.25, 0.3) is 0 Å². The lowest BCUT2D eigenvalue weighted by atomic mass is 10.1. The molecule has 1 aliphatic rings. The summed E-state index contributed by atoms with van der Waals surface area (Å²) in [6.45, 7) is 6.20. The third-order valence-corrected chi connectivity index (χ3v) is 5.91. The van der Waals surface area contributed by atoms with E-state index in [1.54, 1.807) is 17.4 Å². The number of carbonyl (C=O) groups is 1. The number of quaternary nitrogens is 1. The van der Waals surface area contributed by atoms with Crippen molar-refractivity contribution in [3.63, 3.8) is 0 Å². The number of hydrogen-bond donors (Lipinski definition) is 2. The first-order chi connectivity index (χ1) is 13.4. The van der Waals surface area contributed by atoms with Crippen LogP contribution in [0.3, 0.4) is 0 Å². The molecule has 8 heteroatoms. The zero-order valence-corrected chi connectivity index (χ0v) is 17.0. The van der Waals surface area contributed by atoms with E-state index >= 15 is 0 Å². The highest BCUT2D eigenvalue weighted by Crippen LogP contribution is 2.27. The molecule has 28 heavy (non-hydrogen) atoms. The molecule has 0 bridgehead atoms. The number of nitro groups is 1. The number of ether oxygens (including phenoxy) is 1. The third-order valence-electron chi connectivity index (χ3n) is 5.04. The first kappa shape index (κ1) is 20.4. The maximum atomic E-state index is 12.7. The molecule has 7 nitrogen and oxygen atoms in total. The average Bonchev–Trinajstić information content (AvgIpc) is 3.31. The first-order valence-corrected chi connectivity index (χ1v) is 10.3. The van der Waals surface area contributed by atoms with Crippen molar-refractivity contribution in [1.29, 1.82) is 0 Å². The van der Waals surface area contributed by atoms with Crippen molar-refractivity contribution in [2.75, 3.05) is 25.0 Å². The van der Waals surface area contributed by atoms with Crippen LogP contribution in [0, 0.1) is 24.0 Å². The van der Waals surface area contributed by atoms with Crippen LogP contribution < -0.4 is 10.2 Å². The van der Waals surface area contributed by atoms with Crippen molar-refractivity contribution in [3.05, 3.63) is 55.8 Å². The molecule has 2 atom stereocenters. The number of thiophene rings is 1. The van der Waals surface area contributed by atoms with Gasteiger partial charge < -0.3 is 15.0 Å². The SMILES string of the molecule is Cc1cc(NC(=O)C[NH+](Cc2cccs2)C[C@H]2CCCO2)c([N+](=O)[O-])cc1C. The lowest BCUT2D eigenvalue weighted by Crippen LogP contribution is -3.12. The van der Waals surface area contributed by atoms with Gasteiger partial charge in [-0.15, -0.1) is 11.3 Å². The number of anilines is 1. The minimum atomic E-state index is -0.454. The number of rotatable bonds is 8. The molecule has 0 radical (unpaired) electrons. The fourth-order valence-corrected chi connectivity index (χ4v) is 4.24. The molecule has 1 aromatic carbocycles. The van der Waals surface area contributed by atoms with Gasteiger partial charge in [0, 0.05) is 12.7 Å². The highest BCUT2D eigenvalue weighted by molar-refractivity contribution is 7.09. The fraction of sp³-hybridized carbons (Fsp3) is 0.450. The Balaban J connectivity index is 1.70. The van der Waals surface area contributed by atoms with Crippen molar-refractivity contribution >= 4 is 28.6 Å². The van der Waals surface area contributed by atoms with Gasteiger partial charge in [0.1, 0.15) is 24.9 Å². The number of nitro benzene ring substituents is 1. The Kier molecular flexibility index (Phi) is 6.77. The molecule has 1 aliphatic heterocycles. The summed E-state index contributed by atoms with van der Waals surface area (Å²) >= 11 is 1.67. The van der Waals surface area contributed by atoms with Crippen LogP contribution in [-0.4, -0.2) is 36.6 Å². The van der Waals surface area contributed by atoms with E-state index in [9.17, 15) is 14.9 Å². The molecule has 2 heterocycles. The van der Waals surface area contributed by atoms with E-state index in [-0.39, 0.29) is 29.9 Å². The summed E-state index contributed by atoms with van der Waals surface area (Å²) in [5.41, 5.74) is 1.91. The van der Waals surface area contributed by atoms with Gasteiger partial charge in [0.05, 0.1) is 9.80 Å². The van der Waals surface area contributed by atoms with E-state index in [4.69, 9.17) is 4.74 Å². The maximum Gasteiger partial charge on any atom is 0.293 e. The molecule has 1 unspecified atom stereocenters. The number of nitrogens with one attached hydrogen (secondary N) is 2. The molecule has 1 amide bonds. The molecule has 1 fully saturated rings. The number of hydrogen-bond acceptors (Lipinski definition) is 5. The van der Waals surface area contributed by atoms with Crippen LogP contribution in [0.4, 0.5) is 11.4 Å². The standard InChI is InChI=1S/C20H25N3O4S/c1-14-9-18(19(23(25)26)10-15(14)2)21-20(24)13-22(11-16-5-3-7-27-16)12-17-6-4-8-28-17/h4,6,8-10,16H,3,5,7,11-13H2,1-2H3,(H,21,24)/p+1/t16-/m1/s1. The molecule has 2 aromatic rings. The van der Waals surface area contributed by atoms with E-state index in [1.807, 2.05) is 25.3 Å². The zero-order chi connectivity index (χ0) is 20.1. The lowest BCUT2D eigenvalue weighted by molar-refractivity contribution is -0.908. The molecule has 0 spiro atoms. The van der Waals surface area contributed by atoms with Gasteiger partial charge in [-0.1, -0.05) is 6.07 Å². The van der Waals surface area contributed by atoms with Gasteiger partial charge >= 0.3 is 0 Å². The molecule has 2 N–H and O–H groups in total. The molecule has 0 saturated carbocycles. The van der Waals surface area contributed by atoms with Crippen LogP contribution in [0.15, 0.2) is 29.6 Å².